The second-order valence-electron chi connectivity index (χ2n) is 18.4. The van der Waals surface area contributed by atoms with Gasteiger partial charge in [0, 0.05) is 19.4 Å². The summed E-state index contributed by atoms with van der Waals surface area (Å²) in [4.78, 5) is 35.1. The number of esters is 2. The highest BCUT2D eigenvalue weighted by molar-refractivity contribution is 7.47. The van der Waals surface area contributed by atoms with E-state index < -0.39 is 32.5 Å². The van der Waals surface area contributed by atoms with Crippen molar-refractivity contribution in [3.05, 3.63) is 109 Å². The summed E-state index contributed by atoms with van der Waals surface area (Å²) >= 11 is 0. The van der Waals surface area contributed by atoms with E-state index in [0.717, 1.165) is 96.3 Å². The highest BCUT2D eigenvalue weighted by Crippen LogP contribution is 2.43. The SMILES string of the molecule is CC/C=C\C/C=C\C/C=C\C/C=C\C/C=C\C/C=C\C/C=C\C/C=C\C/C=C\CCCCCC(=O)OC(COC(=O)CCCCCCCCCCCCCCCCCCCCC)COP(=O)(O)OCCN. The van der Waals surface area contributed by atoms with Gasteiger partial charge in [0.05, 0.1) is 13.2 Å². The Labute approximate surface area is 435 Å². The lowest BCUT2D eigenvalue weighted by molar-refractivity contribution is -0.161. The van der Waals surface area contributed by atoms with Gasteiger partial charge in [-0.05, 0) is 83.5 Å². The van der Waals surface area contributed by atoms with Crippen LogP contribution in [0.3, 0.4) is 0 Å². The predicted molar refractivity (Wildman–Crippen MR) is 302 cm³/mol. The van der Waals surface area contributed by atoms with Crippen LogP contribution in [0.4, 0.5) is 0 Å². The zero-order valence-electron chi connectivity index (χ0n) is 45.2. The number of phosphoric acid groups is 1. The van der Waals surface area contributed by atoms with Crippen LogP contribution >= 0.6 is 7.82 Å². The number of hydrogen-bond acceptors (Lipinski definition) is 8. The Morgan fingerprint density at radius 2 is 0.775 bits per heavy atom. The molecule has 2 unspecified atom stereocenters. The van der Waals surface area contributed by atoms with Crippen LogP contribution in [0.1, 0.15) is 232 Å². The number of ether oxygens (including phenoxy) is 2. The molecule has 0 spiro atoms. The molecule has 0 saturated heterocycles. The molecule has 0 heterocycles. The molecule has 71 heavy (non-hydrogen) atoms. The van der Waals surface area contributed by atoms with E-state index in [4.69, 9.17) is 24.3 Å². The van der Waals surface area contributed by atoms with Crippen molar-refractivity contribution in [1.82, 2.24) is 0 Å². The van der Waals surface area contributed by atoms with Crippen LogP contribution in [0.15, 0.2) is 109 Å². The van der Waals surface area contributed by atoms with E-state index in [1.807, 2.05) is 0 Å². The van der Waals surface area contributed by atoms with E-state index in [-0.39, 0.29) is 32.6 Å². The summed E-state index contributed by atoms with van der Waals surface area (Å²) in [5.74, 6) is -0.867. The van der Waals surface area contributed by atoms with Crippen molar-refractivity contribution in [2.75, 3.05) is 26.4 Å². The minimum Gasteiger partial charge on any atom is -0.462 e. The zero-order chi connectivity index (χ0) is 51.7. The van der Waals surface area contributed by atoms with Gasteiger partial charge in [-0.15, -0.1) is 0 Å². The van der Waals surface area contributed by atoms with Gasteiger partial charge >= 0.3 is 19.8 Å². The Kier molecular flexibility index (Phi) is 53.3. The first-order valence-corrected chi connectivity index (χ1v) is 29.9. The molecular weight excluding hydrogens is 906 g/mol. The minimum absolute atomic E-state index is 0.0430. The van der Waals surface area contributed by atoms with Gasteiger partial charge in [0.2, 0.25) is 0 Å². The molecule has 0 aromatic rings. The number of rotatable bonds is 52. The molecule has 0 fully saturated rings. The topological polar surface area (TPSA) is 134 Å². The first-order valence-electron chi connectivity index (χ1n) is 28.4. The van der Waals surface area contributed by atoms with Crippen LogP contribution in [-0.2, 0) is 32.7 Å². The maximum Gasteiger partial charge on any atom is 0.472 e. The monoisotopic (exact) mass is 1010 g/mol. The molecule has 3 N–H and O–H groups in total. The number of carbonyl (C=O) groups excluding carboxylic acids is 2. The number of nitrogens with two attached hydrogens (primary N) is 1. The number of allylic oxidation sites excluding steroid dienone is 18. The first kappa shape index (κ1) is 67.7. The summed E-state index contributed by atoms with van der Waals surface area (Å²) in [6, 6.07) is 0. The van der Waals surface area contributed by atoms with E-state index in [0.29, 0.717) is 6.42 Å². The third-order valence-electron chi connectivity index (χ3n) is 11.7. The van der Waals surface area contributed by atoms with Crippen LogP contribution < -0.4 is 5.73 Å². The number of hydrogen-bond donors (Lipinski definition) is 2. The number of phosphoric ester groups is 1. The van der Waals surface area contributed by atoms with Crippen molar-refractivity contribution < 1.29 is 37.6 Å². The molecule has 0 saturated carbocycles. The molecule has 2 atom stereocenters. The maximum atomic E-state index is 12.7. The predicted octanol–water partition coefficient (Wildman–Crippen LogP) is 17.8. The van der Waals surface area contributed by atoms with Gasteiger partial charge in [-0.25, -0.2) is 4.57 Å². The fourth-order valence-electron chi connectivity index (χ4n) is 7.51. The third-order valence-corrected chi connectivity index (χ3v) is 12.7. The molecule has 0 bridgehead atoms. The van der Waals surface area contributed by atoms with Gasteiger partial charge < -0.3 is 20.1 Å². The van der Waals surface area contributed by atoms with E-state index >= 15 is 0 Å². The quantitative estimate of drug-likeness (QED) is 0.0264. The fourth-order valence-corrected chi connectivity index (χ4v) is 8.28. The Morgan fingerprint density at radius 1 is 0.437 bits per heavy atom. The van der Waals surface area contributed by atoms with Crippen LogP contribution in [0.5, 0.6) is 0 Å². The number of carbonyl (C=O) groups is 2. The second kappa shape index (κ2) is 56.0. The third kappa shape index (κ3) is 55.8. The lowest BCUT2D eigenvalue weighted by Gasteiger charge is -2.19. The Hall–Kier alpha value is -3.33. The minimum atomic E-state index is -4.40. The molecule has 10 heteroatoms. The van der Waals surface area contributed by atoms with Crippen molar-refractivity contribution in [3.63, 3.8) is 0 Å². The molecule has 0 aliphatic carbocycles. The van der Waals surface area contributed by atoms with Gasteiger partial charge in [0.15, 0.2) is 6.10 Å². The van der Waals surface area contributed by atoms with E-state index in [9.17, 15) is 19.0 Å². The van der Waals surface area contributed by atoms with Crippen LogP contribution in [0, 0.1) is 0 Å². The summed E-state index contributed by atoms with van der Waals surface area (Å²) in [6.45, 7) is 3.60. The van der Waals surface area contributed by atoms with Crippen LogP contribution in [0.2, 0.25) is 0 Å². The van der Waals surface area contributed by atoms with E-state index in [2.05, 4.69) is 123 Å². The average molecular weight is 1010 g/mol. The molecular formula is C61H104NO8P. The largest absolute Gasteiger partial charge is 0.472 e. The summed E-state index contributed by atoms with van der Waals surface area (Å²) in [5.41, 5.74) is 5.37. The van der Waals surface area contributed by atoms with E-state index in [1.54, 1.807) is 0 Å². The van der Waals surface area contributed by atoms with Gasteiger partial charge in [-0.2, -0.15) is 0 Å². The van der Waals surface area contributed by atoms with Crippen molar-refractivity contribution in [2.24, 2.45) is 5.73 Å². The lowest BCUT2D eigenvalue weighted by atomic mass is 10.0. The Balaban J connectivity index is 4.11. The van der Waals surface area contributed by atoms with Crippen LogP contribution in [-0.4, -0.2) is 49.3 Å². The normalized spacial score (nSPS) is 13.9. The smallest absolute Gasteiger partial charge is 0.462 e. The van der Waals surface area contributed by atoms with Crippen molar-refractivity contribution >= 4 is 19.8 Å². The van der Waals surface area contributed by atoms with Gasteiger partial charge in [-0.1, -0.05) is 245 Å². The molecule has 9 nitrogen and oxygen atoms in total. The van der Waals surface area contributed by atoms with Gasteiger partial charge in [-0.3, -0.25) is 18.6 Å². The molecule has 0 rings (SSSR count). The molecule has 406 valence electrons. The molecule has 0 radical (unpaired) electrons. The highest BCUT2D eigenvalue weighted by Gasteiger charge is 2.26. The number of unbranched alkanes of at least 4 members (excludes halogenated alkanes) is 21. The van der Waals surface area contributed by atoms with Crippen molar-refractivity contribution in [3.8, 4) is 0 Å². The van der Waals surface area contributed by atoms with Gasteiger partial charge in [0.25, 0.3) is 0 Å². The molecule has 0 aromatic carbocycles. The lowest BCUT2D eigenvalue weighted by Crippen LogP contribution is -2.29. The summed E-state index contributed by atoms with van der Waals surface area (Å²) in [6.07, 6.45) is 75.7. The Bertz CT molecular complexity index is 1530. The second-order valence-corrected chi connectivity index (χ2v) is 19.9. The zero-order valence-corrected chi connectivity index (χ0v) is 46.1. The standard InChI is InChI=1S/C61H104NO8P/c1-3-5-7-9-11-13-15-17-19-21-23-24-25-26-27-28-29-30-31-32-33-34-36-38-40-42-44-46-48-50-52-54-61(64)70-59(58-69-71(65,66)68-56-55-62)57-67-60(63)53-51-49-47-45-43-41-39-37-35-22-20-18-16-14-12-10-8-6-4-2/h5,7,11,13,17,19,23-24,26-27,29-30,32-33,36,38,42,44,59H,3-4,6,8-10,12,14-16,18,20-22,25,28,31,34-35,37,39-41,43,45-58,62H2,1-2H3,(H,65,66)/b7-5-,13-11-,19-17-,24-23-,27-26-,30-29-,33-32-,38-36-,44-42-. The molecule has 0 amide bonds. The van der Waals surface area contributed by atoms with Crippen LogP contribution in [0.25, 0.3) is 0 Å². The average Bonchev–Trinajstić information content (AvgIpc) is 3.36. The molecule has 0 aliphatic heterocycles. The fraction of sp³-hybridized carbons (Fsp3) is 0.672. The molecule has 0 aromatic heterocycles. The summed E-state index contributed by atoms with van der Waals surface area (Å²) in [7, 11) is -4.40. The highest BCUT2D eigenvalue weighted by atomic mass is 31.2. The van der Waals surface area contributed by atoms with Gasteiger partial charge in [0.1, 0.15) is 6.61 Å². The first-order chi connectivity index (χ1) is 34.8. The van der Waals surface area contributed by atoms with E-state index in [1.165, 1.54) is 103 Å². The summed E-state index contributed by atoms with van der Waals surface area (Å²) < 4.78 is 33.0. The Morgan fingerprint density at radius 3 is 1.15 bits per heavy atom. The van der Waals surface area contributed by atoms with Crippen molar-refractivity contribution in [2.45, 2.75) is 238 Å². The van der Waals surface area contributed by atoms with Crippen molar-refractivity contribution in [1.29, 1.82) is 0 Å². The summed E-state index contributed by atoms with van der Waals surface area (Å²) in [5, 5.41) is 0. The molecule has 0 aliphatic rings. The maximum absolute atomic E-state index is 12.7.